The Hall–Kier alpha value is -2.74. The molecular weight excluding hydrogens is 397 g/mol. The molecule has 1 aliphatic rings. The Labute approximate surface area is 173 Å². The summed E-state index contributed by atoms with van der Waals surface area (Å²) >= 11 is 5.78. The fourth-order valence-electron chi connectivity index (χ4n) is 3.32. The van der Waals surface area contributed by atoms with Gasteiger partial charge in [0, 0.05) is 50.0 Å². The molecule has 1 aromatic heterocycles. The maximum absolute atomic E-state index is 14.0. The van der Waals surface area contributed by atoms with Gasteiger partial charge in [0.2, 0.25) is 11.9 Å². The molecule has 9 heteroatoms. The van der Waals surface area contributed by atoms with Crippen LogP contribution in [0, 0.1) is 5.82 Å². The number of carbonyl (C=O) groups is 2. The molecule has 1 saturated heterocycles. The standard InChI is InChI=1S/C20H23ClFN5O2/c1-12(17-5-4-15(21)8-18(17)22)25-20-23-9-14(10-24-20)19(29)27-7-6-16(11-27)26(3)13(2)28/h4-5,8-10,12,16H,6-7,11H2,1-3H3,(H,23,24,25)/t12-,16-/m0/s1. The Morgan fingerprint density at radius 1 is 1.34 bits per heavy atom. The highest BCUT2D eigenvalue weighted by atomic mass is 35.5. The first-order chi connectivity index (χ1) is 13.8. The van der Waals surface area contributed by atoms with Gasteiger partial charge in [0.25, 0.3) is 5.91 Å². The molecule has 0 aliphatic carbocycles. The maximum atomic E-state index is 14.0. The van der Waals surface area contributed by atoms with Crippen molar-refractivity contribution in [1.29, 1.82) is 0 Å². The van der Waals surface area contributed by atoms with Crippen LogP contribution in [0.5, 0.6) is 0 Å². The minimum Gasteiger partial charge on any atom is -0.348 e. The summed E-state index contributed by atoms with van der Waals surface area (Å²) in [4.78, 5) is 35.9. The van der Waals surface area contributed by atoms with E-state index in [0.717, 1.165) is 6.42 Å². The van der Waals surface area contributed by atoms with Crippen LogP contribution in [-0.4, -0.2) is 57.8 Å². The van der Waals surface area contributed by atoms with E-state index in [4.69, 9.17) is 11.6 Å². The molecule has 0 saturated carbocycles. The summed E-state index contributed by atoms with van der Waals surface area (Å²) < 4.78 is 14.0. The van der Waals surface area contributed by atoms with Crippen molar-refractivity contribution in [3.8, 4) is 0 Å². The van der Waals surface area contributed by atoms with Crippen molar-refractivity contribution in [3.05, 3.63) is 52.6 Å². The van der Waals surface area contributed by atoms with E-state index >= 15 is 0 Å². The van der Waals surface area contributed by atoms with E-state index in [1.165, 1.54) is 25.4 Å². The molecule has 0 unspecified atom stereocenters. The number of rotatable bonds is 5. The highest BCUT2D eigenvalue weighted by Crippen LogP contribution is 2.23. The summed E-state index contributed by atoms with van der Waals surface area (Å²) in [5.41, 5.74) is 0.808. The van der Waals surface area contributed by atoms with Crippen LogP contribution in [0.3, 0.4) is 0 Å². The highest BCUT2D eigenvalue weighted by Gasteiger charge is 2.30. The molecule has 0 spiro atoms. The minimum atomic E-state index is -0.414. The predicted octanol–water partition coefficient (Wildman–Crippen LogP) is 3.14. The number of amides is 2. The quantitative estimate of drug-likeness (QED) is 0.805. The fourth-order valence-corrected chi connectivity index (χ4v) is 3.48. The van der Waals surface area contributed by atoms with Crippen molar-refractivity contribution in [3.63, 3.8) is 0 Å². The summed E-state index contributed by atoms with van der Waals surface area (Å²) in [7, 11) is 1.75. The Morgan fingerprint density at radius 3 is 2.66 bits per heavy atom. The van der Waals surface area contributed by atoms with Crippen LogP contribution < -0.4 is 5.32 Å². The molecule has 1 aliphatic heterocycles. The van der Waals surface area contributed by atoms with Gasteiger partial charge in [-0.1, -0.05) is 17.7 Å². The zero-order valence-electron chi connectivity index (χ0n) is 16.5. The fraction of sp³-hybridized carbons (Fsp3) is 0.400. The van der Waals surface area contributed by atoms with E-state index in [2.05, 4.69) is 15.3 Å². The van der Waals surface area contributed by atoms with Crippen LogP contribution in [0.2, 0.25) is 5.02 Å². The highest BCUT2D eigenvalue weighted by molar-refractivity contribution is 6.30. The average molecular weight is 420 g/mol. The van der Waals surface area contributed by atoms with Crippen molar-refractivity contribution >= 4 is 29.4 Å². The summed E-state index contributed by atoms with van der Waals surface area (Å²) in [6, 6.07) is 4.12. The number of hydrogen-bond acceptors (Lipinski definition) is 5. The number of carbonyl (C=O) groups excluding carboxylic acids is 2. The van der Waals surface area contributed by atoms with Crippen molar-refractivity contribution in [1.82, 2.24) is 19.8 Å². The van der Waals surface area contributed by atoms with Gasteiger partial charge in [-0.05, 0) is 25.5 Å². The van der Waals surface area contributed by atoms with Gasteiger partial charge in [0.05, 0.1) is 17.6 Å². The van der Waals surface area contributed by atoms with E-state index < -0.39 is 5.82 Å². The number of nitrogens with one attached hydrogen (secondary N) is 1. The van der Waals surface area contributed by atoms with Gasteiger partial charge in [-0.3, -0.25) is 9.59 Å². The second-order valence-electron chi connectivity index (χ2n) is 7.15. The van der Waals surface area contributed by atoms with Gasteiger partial charge in [-0.15, -0.1) is 0 Å². The Kier molecular flexibility index (Phi) is 6.32. The first-order valence-electron chi connectivity index (χ1n) is 9.32. The molecule has 3 rings (SSSR count). The zero-order valence-corrected chi connectivity index (χ0v) is 17.3. The summed E-state index contributed by atoms with van der Waals surface area (Å²) in [5.74, 6) is -0.315. The SMILES string of the molecule is CC(=O)N(C)[C@H]1CCN(C(=O)c2cnc(N[C@@H](C)c3ccc(Cl)cc3F)nc2)C1. The molecule has 2 aromatic rings. The summed E-state index contributed by atoms with van der Waals surface area (Å²) in [6.07, 6.45) is 3.64. The molecule has 7 nitrogen and oxygen atoms in total. The van der Waals surface area contributed by atoms with Crippen LogP contribution in [0.1, 0.15) is 42.2 Å². The van der Waals surface area contributed by atoms with Crippen LogP contribution in [0.4, 0.5) is 10.3 Å². The van der Waals surface area contributed by atoms with Gasteiger partial charge in [-0.25, -0.2) is 14.4 Å². The van der Waals surface area contributed by atoms with Crippen molar-refractivity contribution in [2.75, 3.05) is 25.5 Å². The summed E-state index contributed by atoms with van der Waals surface area (Å²) in [6.45, 7) is 4.36. The van der Waals surface area contributed by atoms with E-state index in [-0.39, 0.29) is 23.9 Å². The van der Waals surface area contributed by atoms with Gasteiger partial charge in [0.15, 0.2) is 0 Å². The second-order valence-corrected chi connectivity index (χ2v) is 7.59. The molecule has 1 fully saturated rings. The van der Waals surface area contributed by atoms with Crippen LogP contribution in [0.15, 0.2) is 30.6 Å². The number of halogens is 2. The number of hydrogen-bond donors (Lipinski definition) is 1. The number of nitrogens with zero attached hydrogens (tertiary/aromatic N) is 4. The lowest BCUT2D eigenvalue weighted by molar-refractivity contribution is -0.129. The number of anilines is 1. The van der Waals surface area contributed by atoms with Gasteiger partial charge in [-0.2, -0.15) is 0 Å². The molecule has 29 heavy (non-hydrogen) atoms. The Balaban J connectivity index is 1.62. The first kappa shape index (κ1) is 21.0. The largest absolute Gasteiger partial charge is 0.348 e. The molecule has 154 valence electrons. The smallest absolute Gasteiger partial charge is 0.257 e. The van der Waals surface area contributed by atoms with Crippen molar-refractivity contribution < 1.29 is 14.0 Å². The van der Waals surface area contributed by atoms with Gasteiger partial charge >= 0.3 is 0 Å². The molecule has 0 bridgehead atoms. The van der Waals surface area contributed by atoms with E-state index in [1.807, 2.05) is 0 Å². The molecule has 1 aromatic carbocycles. The molecular formula is C20H23ClFN5O2. The lowest BCUT2D eigenvalue weighted by atomic mass is 10.1. The maximum Gasteiger partial charge on any atom is 0.257 e. The van der Waals surface area contributed by atoms with Gasteiger partial charge in [0.1, 0.15) is 5.82 Å². The predicted molar refractivity (Wildman–Crippen MR) is 108 cm³/mol. The lowest BCUT2D eigenvalue weighted by Crippen LogP contribution is -2.39. The van der Waals surface area contributed by atoms with Crippen molar-refractivity contribution in [2.45, 2.75) is 32.4 Å². The molecule has 2 heterocycles. The van der Waals surface area contributed by atoms with Crippen LogP contribution in [0.25, 0.3) is 0 Å². The number of likely N-dealkylation sites (N-methyl/N-ethyl adjacent to an activating group) is 1. The second kappa shape index (κ2) is 8.73. The Bertz CT molecular complexity index is 908. The molecule has 0 radical (unpaired) electrons. The van der Waals surface area contributed by atoms with E-state index in [0.29, 0.717) is 35.2 Å². The number of benzene rings is 1. The summed E-state index contributed by atoms with van der Waals surface area (Å²) in [5, 5.41) is 3.34. The number of aromatic nitrogens is 2. The Morgan fingerprint density at radius 2 is 2.03 bits per heavy atom. The molecule has 1 N–H and O–H groups in total. The first-order valence-corrected chi connectivity index (χ1v) is 9.70. The molecule has 2 atom stereocenters. The average Bonchev–Trinajstić information content (AvgIpc) is 3.17. The zero-order chi connectivity index (χ0) is 21.1. The number of likely N-dealkylation sites (tertiary alicyclic amines) is 1. The third-order valence-corrected chi connectivity index (χ3v) is 5.40. The molecule has 2 amide bonds. The van der Waals surface area contributed by atoms with Gasteiger partial charge < -0.3 is 15.1 Å². The van der Waals surface area contributed by atoms with Crippen LogP contribution in [-0.2, 0) is 4.79 Å². The minimum absolute atomic E-state index is 0.0192. The normalized spacial score (nSPS) is 17.1. The van der Waals surface area contributed by atoms with Crippen LogP contribution >= 0.6 is 11.6 Å². The third kappa shape index (κ3) is 4.82. The third-order valence-electron chi connectivity index (χ3n) is 5.17. The lowest BCUT2D eigenvalue weighted by Gasteiger charge is -2.23. The topological polar surface area (TPSA) is 78.4 Å². The van der Waals surface area contributed by atoms with E-state index in [1.54, 1.807) is 35.9 Å². The monoisotopic (exact) mass is 419 g/mol. The van der Waals surface area contributed by atoms with E-state index in [9.17, 15) is 14.0 Å². The van der Waals surface area contributed by atoms with Crippen molar-refractivity contribution in [2.24, 2.45) is 0 Å².